The van der Waals surface area contributed by atoms with E-state index in [1.807, 2.05) is 35.7 Å². The fraction of sp³-hybridized carbons (Fsp3) is 0. The van der Waals surface area contributed by atoms with Crippen molar-refractivity contribution in [2.24, 2.45) is 0 Å². The zero-order valence-corrected chi connectivity index (χ0v) is 9.60. The van der Waals surface area contributed by atoms with Crippen LogP contribution in [-0.4, -0.2) is 0 Å². The number of thiophene rings is 1. The average Bonchev–Trinajstić information content (AvgIpc) is 2.67. The molecular formula is C11H6BrNS. The molecule has 1 aromatic carbocycles. The van der Waals surface area contributed by atoms with Crippen LogP contribution in [0.1, 0.15) is 4.88 Å². The van der Waals surface area contributed by atoms with Crippen molar-refractivity contribution < 1.29 is 0 Å². The van der Waals surface area contributed by atoms with Gasteiger partial charge in [0.25, 0.3) is 0 Å². The second-order valence-electron chi connectivity index (χ2n) is 2.79. The molecular weight excluding hydrogens is 258 g/mol. The summed E-state index contributed by atoms with van der Waals surface area (Å²) < 4.78 is 1.06. The highest BCUT2D eigenvalue weighted by molar-refractivity contribution is 9.10. The fourth-order valence-corrected chi connectivity index (χ4v) is 2.44. The average molecular weight is 264 g/mol. The van der Waals surface area contributed by atoms with Gasteiger partial charge in [-0.1, -0.05) is 34.1 Å². The van der Waals surface area contributed by atoms with Gasteiger partial charge < -0.3 is 0 Å². The fourth-order valence-electron chi connectivity index (χ4n) is 1.23. The summed E-state index contributed by atoms with van der Waals surface area (Å²) in [6, 6.07) is 12.0. The molecule has 0 saturated carbocycles. The van der Waals surface area contributed by atoms with Crippen LogP contribution in [0.2, 0.25) is 0 Å². The summed E-state index contributed by atoms with van der Waals surface area (Å²) in [5.41, 5.74) is 2.23. The number of halogens is 1. The van der Waals surface area contributed by atoms with E-state index in [4.69, 9.17) is 5.26 Å². The molecule has 0 aliphatic rings. The van der Waals surface area contributed by atoms with Gasteiger partial charge in [-0.25, -0.2) is 0 Å². The van der Waals surface area contributed by atoms with Gasteiger partial charge in [-0.05, 0) is 28.6 Å². The lowest BCUT2D eigenvalue weighted by atomic mass is 10.1. The quantitative estimate of drug-likeness (QED) is 0.762. The lowest BCUT2D eigenvalue weighted by molar-refractivity contribution is 1.52. The van der Waals surface area contributed by atoms with Crippen molar-refractivity contribution >= 4 is 27.3 Å². The Morgan fingerprint density at radius 3 is 2.71 bits per heavy atom. The zero-order valence-electron chi connectivity index (χ0n) is 7.20. The van der Waals surface area contributed by atoms with Crippen LogP contribution >= 0.6 is 27.3 Å². The number of nitrogens with zero attached hydrogens (tertiary/aromatic N) is 1. The predicted molar refractivity (Wildman–Crippen MR) is 62.2 cm³/mol. The standard InChI is InChI=1S/C11H6BrNS/c12-11-4-2-1-3-10(11)8-5-9(6-13)14-7-8/h1-5,7H. The van der Waals surface area contributed by atoms with E-state index in [2.05, 4.69) is 22.0 Å². The Bertz CT molecular complexity index is 496. The van der Waals surface area contributed by atoms with Crippen LogP contribution < -0.4 is 0 Å². The van der Waals surface area contributed by atoms with Crippen molar-refractivity contribution in [3.8, 4) is 17.2 Å². The summed E-state index contributed by atoms with van der Waals surface area (Å²) >= 11 is 4.96. The molecule has 2 rings (SSSR count). The maximum atomic E-state index is 8.72. The minimum atomic E-state index is 0.746. The Morgan fingerprint density at radius 2 is 2.07 bits per heavy atom. The molecule has 1 nitrogen and oxygen atoms in total. The largest absolute Gasteiger partial charge is 0.192 e. The Morgan fingerprint density at radius 1 is 1.29 bits per heavy atom. The van der Waals surface area contributed by atoms with Crippen molar-refractivity contribution in [2.45, 2.75) is 0 Å². The van der Waals surface area contributed by atoms with Crippen molar-refractivity contribution in [3.05, 3.63) is 45.1 Å². The molecule has 0 atom stereocenters. The Kier molecular flexibility index (Phi) is 2.67. The first-order chi connectivity index (χ1) is 6.81. The van der Waals surface area contributed by atoms with Crippen LogP contribution in [0.15, 0.2) is 40.2 Å². The lowest BCUT2D eigenvalue weighted by Crippen LogP contribution is -1.74. The van der Waals surface area contributed by atoms with E-state index >= 15 is 0 Å². The SMILES string of the molecule is N#Cc1cc(-c2ccccc2Br)cs1. The lowest BCUT2D eigenvalue weighted by Gasteiger charge is -1.99. The van der Waals surface area contributed by atoms with Crippen molar-refractivity contribution in [3.63, 3.8) is 0 Å². The number of rotatable bonds is 1. The van der Waals surface area contributed by atoms with Crippen LogP contribution in [-0.2, 0) is 0 Å². The minimum absolute atomic E-state index is 0.746. The van der Waals surface area contributed by atoms with E-state index in [-0.39, 0.29) is 0 Å². The third kappa shape index (κ3) is 1.72. The van der Waals surface area contributed by atoms with Crippen LogP contribution in [0.4, 0.5) is 0 Å². The molecule has 0 aliphatic heterocycles. The first kappa shape index (κ1) is 9.45. The first-order valence-electron chi connectivity index (χ1n) is 4.05. The Labute approximate surface area is 94.8 Å². The highest BCUT2D eigenvalue weighted by atomic mass is 79.9. The molecule has 0 radical (unpaired) electrons. The molecule has 0 fully saturated rings. The maximum Gasteiger partial charge on any atom is 0.110 e. The summed E-state index contributed by atoms with van der Waals surface area (Å²) in [5.74, 6) is 0. The number of nitriles is 1. The van der Waals surface area contributed by atoms with Crippen LogP contribution in [0, 0.1) is 11.3 Å². The summed E-state index contributed by atoms with van der Waals surface area (Å²) in [6.07, 6.45) is 0. The van der Waals surface area contributed by atoms with Crippen molar-refractivity contribution in [1.82, 2.24) is 0 Å². The number of hydrogen-bond donors (Lipinski definition) is 0. The molecule has 0 amide bonds. The molecule has 0 unspecified atom stereocenters. The normalized spacial score (nSPS) is 9.71. The van der Waals surface area contributed by atoms with Gasteiger partial charge in [0.2, 0.25) is 0 Å². The van der Waals surface area contributed by atoms with E-state index in [1.54, 1.807) is 0 Å². The van der Waals surface area contributed by atoms with Gasteiger partial charge >= 0.3 is 0 Å². The molecule has 2 aromatic rings. The molecule has 14 heavy (non-hydrogen) atoms. The van der Waals surface area contributed by atoms with Crippen LogP contribution in [0.25, 0.3) is 11.1 Å². The van der Waals surface area contributed by atoms with Gasteiger partial charge in [-0.3, -0.25) is 0 Å². The van der Waals surface area contributed by atoms with Gasteiger partial charge in [0, 0.05) is 4.47 Å². The summed E-state index contributed by atoms with van der Waals surface area (Å²) in [4.78, 5) is 0.746. The molecule has 0 aliphatic carbocycles. The Balaban J connectivity index is 2.51. The third-order valence-corrected chi connectivity index (χ3v) is 3.42. The molecule has 3 heteroatoms. The molecule has 0 bridgehead atoms. The predicted octanol–water partition coefficient (Wildman–Crippen LogP) is 4.05. The van der Waals surface area contributed by atoms with E-state index in [0.29, 0.717) is 0 Å². The van der Waals surface area contributed by atoms with E-state index < -0.39 is 0 Å². The number of benzene rings is 1. The maximum absolute atomic E-state index is 8.72. The summed E-state index contributed by atoms with van der Waals surface area (Å²) in [5, 5.41) is 10.7. The van der Waals surface area contributed by atoms with E-state index in [9.17, 15) is 0 Å². The first-order valence-corrected chi connectivity index (χ1v) is 5.72. The van der Waals surface area contributed by atoms with Gasteiger partial charge in [0.1, 0.15) is 10.9 Å². The number of hydrogen-bond acceptors (Lipinski definition) is 2. The zero-order chi connectivity index (χ0) is 9.97. The summed E-state index contributed by atoms with van der Waals surface area (Å²) in [6.45, 7) is 0. The highest BCUT2D eigenvalue weighted by Gasteiger charge is 2.04. The second-order valence-corrected chi connectivity index (χ2v) is 4.56. The third-order valence-electron chi connectivity index (χ3n) is 1.89. The van der Waals surface area contributed by atoms with Gasteiger partial charge in [0.15, 0.2) is 0 Å². The second kappa shape index (κ2) is 3.95. The van der Waals surface area contributed by atoms with Gasteiger partial charge in [-0.2, -0.15) is 5.26 Å². The van der Waals surface area contributed by atoms with E-state index in [0.717, 1.165) is 20.5 Å². The molecule has 68 valence electrons. The van der Waals surface area contributed by atoms with Crippen LogP contribution in [0.5, 0.6) is 0 Å². The molecule has 0 N–H and O–H groups in total. The minimum Gasteiger partial charge on any atom is -0.192 e. The molecule has 0 spiro atoms. The summed E-state index contributed by atoms with van der Waals surface area (Å²) in [7, 11) is 0. The highest BCUT2D eigenvalue weighted by Crippen LogP contribution is 2.30. The van der Waals surface area contributed by atoms with Crippen molar-refractivity contribution in [2.75, 3.05) is 0 Å². The van der Waals surface area contributed by atoms with Crippen molar-refractivity contribution in [1.29, 1.82) is 5.26 Å². The monoisotopic (exact) mass is 263 g/mol. The molecule has 1 heterocycles. The smallest absolute Gasteiger partial charge is 0.110 e. The van der Waals surface area contributed by atoms with E-state index in [1.165, 1.54) is 11.3 Å². The van der Waals surface area contributed by atoms with Gasteiger partial charge in [0.05, 0.1) is 0 Å². The molecule has 0 saturated heterocycles. The molecule has 1 aromatic heterocycles. The van der Waals surface area contributed by atoms with Gasteiger partial charge in [-0.15, -0.1) is 11.3 Å². The Hall–Kier alpha value is -1.11. The van der Waals surface area contributed by atoms with Crippen LogP contribution in [0.3, 0.4) is 0 Å². The topological polar surface area (TPSA) is 23.8 Å².